The van der Waals surface area contributed by atoms with Gasteiger partial charge in [-0.15, -0.1) is 0 Å². The van der Waals surface area contributed by atoms with Crippen LogP contribution in [0.4, 0.5) is 0 Å². The Bertz CT molecular complexity index is 442. The number of thioether (sulfide) groups is 1. The summed E-state index contributed by atoms with van der Waals surface area (Å²) in [6.07, 6.45) is 2.21. The predicted molar refractivity (Wildman–Crippen MR) is 87.8 cm³/mol. The van der Waals surface area contributed by atoms with Gasteiger partial charge in [-0.1, -0.05) is 37.7 Å². The highest BCUT2D eigenvalue weighted by molar-refractivity contribution is 8.13. The highest BCUT2D eigenvalue weighted by atomic mass is 32.2. The number of hydrogen-bond donors (Lipinski definition) is 1. The number of ether oxygens (including phenoxy) is 1. The van der Waals surface area contributed by atoms with Crippen molar-refractivity contribution in [3.8, 4) is 5.75 Å². The van der Waals surface area contributed by atoms with Gasteiger partial charge >= 0.3 is 0 Å². The van der Waals surface area contributed by atoms with Gasteiger partial charge in [0.2, 0.25) is 0 Å². The lowest BCUT2D eigenvalue weighted by Crippen LogP contribution is -2.41. The van der Waals surface area contributed by atoms with Crippen molar-refractivity contribution in [2.75, 3.05) is 19.4 Å². The molecule has 0 aliphatic carbocycles. The van der Waals surface area contributed by atoms with Gasteiger partial charge in [-0.25, -0.2) is 0 Å². The van der Waals surface area contributed by atoms with Gasteiger partial charge in [0.25, 0.3) is 0 Å². The molecule has 1 fully saturated rings. The molecule has 0 radical (unpaired) electrons. The van der Waals surface area contributed by atoms with Crippen LogP contribution >= 0.6 is 11.8 Å². The Hall–Kier alpha value is -1.16. The fourth-order valence-corrected chi connectivity index (χ4v) is 3.21. The lowest BCUT2D eigenvalue weighted by molar-refractivity contribution is 0.414. The van der Waals surface area contributed by atoms with Crippen LogP contribution in [0.3, 0.4) is 0 Å². The van der Waals surface area contributed by atoms with Crippen LogP contribution in [0, 0.1) is 5.92 Å². The minimum atomic E-state index is 0.580. The fraction of sp³-hybridized carbons (Fsp3) is 0.562. The summed E-state index contributed by atoms with van der Waals surface area (Å²) in [7, 11) is 1.69. The van der Waals surface area contributed by atoms with Gasteiger partial charge in [-0.05, 0) is 36.5 Å². The first-order valence-electron chi connectivity index (χ1n) is 7.25. The average Bonchev–Trinajstić information content (AvgIpc) is 2.48. The van der Waals surface area contributed by atoms with E-state index >= 15 is 0 Å². The molecule has 1 atom stereocenters. The van der Waals surface area contributed by atoms with Gasteiger partial charge in [0.1, 0.15) is 5.75 Å². The van der Waals surface area contributed by atoms with Crippen LogP contribution in [-0.2, 0) is 6.42 Å². The van der Waals surface area contributed by atoms with Gasteiger partial charge < -0.3 is 10.1 Å². The summed E-state index contributed by atoms with van der Waals surface area (Å²) < 4.78 is 5.16. The summed E-state index contributed by atoms with van der Waals surface area (Å²) in [4.78, 5) is 4.69. The molecule has 1 saturated heterocycles. The van der Waals surface area contributed by atoms with E-state index in [9.17, 15) is 0 Å². The molecule has 0 saturated carbocycles. The monoisotopic (exact) mass is 292 g/mol. The molecule has 1 heterocycles. The Labute approximate surface area is 126 Å². The van der Waals surface area contributed by atoms with E-state index in [1.54, 1.807) is 7.11 Å². The first kappa shape index (κ1) is 15.2. The Morgan fingerprint density at radius 1 is 1.35 bits per heavy atom. The zero-order valence-electron chi connectivity index (χ0n) is 12.6. The summed E-state index contributed by atoms with van der Waals surface area (Å²) in [6.45, 7) is 5.37. The van der Waals surface area contributed by atoms with E-state index < -0.39 is 0 Å². The zero-order chi connectivity index (χ0) is 14.4. The number of nitrogens with one attached hydrogen (secondary N) is 1. The summed E-state index contributed by atoms with van der Waals surface area (Å²) >= 11 is 1.84. The lowest BCUT2D eigenvalue weighted by atomic mass is 10.0. The molecule has 2 rings (SSSR count). The van der Waals surface area contributed by atoms with E-state index in [-0.39, 0.29) is 0 Å². The van der Waals surface area contributed by atoms with Crippen LogP contribution in [0.5, 0.6) is 5.75 Å². The summed E-state index contributed by atoms with van der Waals surface area (Å²) in [5, 5.41) is 4.66. The minimum Gasteiger partial charge on any atom is -0.497 e. The molecule has 110 valence electrons. The van der Waals surface area contributed by atoms with Crippen molar-refractivity contribution in [3.05, 3.63) is 29.8 Å². The Kier molecular flexibility index (Phi) is 5.77. The zero-order valence-corrected chi connectivity index (χ0v) is 13.4. The van der Waals surface area contributed by atoms with Crippen molar-refractivity contribution in [2.24, 2.45) is 10.9 Å². The highest BCUT2D eigenvalue weighted by Gasteiger charge is 2.19. The normalized spacial score (nSPS) is 21.0. The standard InChI is InChI=1S/C16H24N2OS/c1-12(2)15-9-11-20-16(18-15)17-10-8-13-4-6-14(19-3)7-5-13/h4-7,12,15H,8-11H2,1-3H3,(H,17,18). The Balaban J connectivity index is 1.82. The summed E-state index contributed by atoms with van der Waals surface area (Å²) in [6, 6.07) is 8.81. The predicted octanol–water partition coefficient (Wildman–Crippen LogP) is 3.34. The Morgan fingerprint density at radius 3 is 2.75 bits per heavy atom. The smallest absolute Gasteiger partial charge is 0.156 e. The van der Waals surface area contributed by atoms with E-state index in [2.05, 4.69) is 31.3 Å². The second-order valence-corrected chi connectivity index (χ2v) is 6.50. The summed E-state index contributed by atoms with van der Waals surface area (Å²) in [5.74, 6) is 2.75. The topological polar surface area (TPSA) is 33.6 Å². The number of rotatable bonds is 5. The molecule has 1 unspecified atom stereocenters. The second-order valence-electron chi connectivity index (χ2n) is 5.42. The fourth-order valence-electron chi connectivity index (χ4n) is 2.23. The van der Waals surface area contributed by atoms with Crippen LogP contribution < -0.4 is 10.1 Å². The van der Waals surface area contributed by atoms with Gasteiger partial charge in [0.15, 0.2) is 5.17 Å². The van der Waals surface area contributed by atoms with Crippen molar-refractivity contribution in [3.63, 3.8) is 0 Å². The maximum Gasteiger partial charge on any atom is 0.156 e. The van der Waals surface area contributed by atoms with E-state index in [1.165, 1.54) is 17.7 Å². The summed E-state index contributed by atoms with van der Waals surface area (Å²) in [5.41, 5.74) is 1.30. The van der Waals surface area contributed by atoms with Gasteiger partial charge in [0, 0.05) is 18.3 Å². The van der Waals surface area contributed by atoms with E-state index in [0.717, 1.165) is 23.9 Å². The lowest BCUT2D eigenvalue weighted by Gasteiger charge is -2.28. The average molecular weight is 292 g/mol. The van der Waals surface area contributed by atoms with Crippen LogP contribution in [0.1, 0.15) is 25.8 Å². The molecule has 0 aromatic heterocycles. The highest BCUT2D eigenvalue weighted by Crippen LogP contribution is 2.19. The molecule has 1 N–H and O–H groups in total. The molecular formula is C16H24N2OS. The van der Waals surface area contributed by atoms with Gasteiger partial charge in [0.05, 0.1) is 7.11 Å². The molecule has 3 nitrogen and oxygen atoms in total. The van der Waals surface area contributed by atoms with E-state index in [0.29, 0.717) is 12.0 Å². The third-order valence-electron chi connectivity index (χ3n) is 3.60. The van der Waals surface area contributed by atoms with Crippen molar-refractivity contribution < 1.29 is 4.74 Å². The number of benzene rings is 1. The number of methoxy groups -OCH3 is 1. The Morgan fingerprint density at radius 2 is 2.10 bits per heavy atom. The van der Waals surface area contributed by atoms with Crippen molar-refractivity contribution in [2.45, 2.75) is 32.7 Å². The molecule has 20 heavy (non-hydrogen) atoms. The first-order chi connectivity index (χ1) is 9.69. The third kappa shape index (κ3) is 4.44. The second kappa shape index (κ2) is 7.58. The van der Waals surface area contributed by atoms with Crippen LogP contribution in [0.25, 0.3) is 0 Å². The van der Waals surface area contributed by atoms with Crippen LogP contribution in [0.2, 0.25) is 0 Å². The maximum atomic E-state index is 5.16. The van der Waals surface area contributed by atoms with Crippen molar-refractivity contribution >= 4 is 16.9 Å². The van der Waals surface area contributed by atoms with Crippen LogP contribution in [-0.4, -0.2) is 30.6 Å². The number of amidine groups is 1. The molecule has 4 heteroatoms. The molecular weight excluding hydrogens is 268 g/mol. The molecule has 0 bridgehead atoms. The third-order valence-corrected chi connectivity index (χ3v) is 4.56. The van der Waals surface area contributed by atoms with E-state index in [1.807, 2.05) is 23.9 Å². The molecule has 1 aliphatic rings. The van der Waals surface area contributed by atoms with Crippen LogP contribution in [0.15, 0.2) is 29.3 Å². The SMILES string of the molecule is COc1ccc(CCN=C2NC(C(C)C)CCS2)cc1. The number of hydrogen-bond acceptors (Lipinski definition) is 3. The van der Waals surface area contributed by atoms with Crippen molar-refractivity contribution in [1.82, 2.24) is 5.32 Å². The maximum absolute atomic E-state index is 5.16. The molecule has 0 spiro atoms. The number of aliphatic imine (C=N–C) groups is 1. The largest absolute Gasteiger partial charge is 0.497 e. The molecule has 1 aromatic rings. The number of nitrogens with zero attached hydrogens (tertiary/aromatic N) is 1. The van der Waals surface area contributed by atoms with Crippen molar-refractivity contribution in [1.29, 1.82) is 0 Å². The molecule has 1 aliphatic heterocycles. The quantitative estimate of drug-likeness (QED) is 0.903. The first-order valence-corrected chi connectivity index (χ1v) is 8.24. The minimum absolute atomic E-state index is 0.580. The van der Waals surface area contributed by atoms with Gasteiger partial charge in [-0.2, -0.15) is 0 Å². The molecule has 1 aromatic carbocycles. The van der Waals surface area contributed by atoms with E-state index in [4.69, 9.17) is 9.73 Å². The van der Waals surface area contributed by atoms with Gasteiger partial charge in [-0.3, -0.25) is 4.99 Å². The molecule has 0 amide bonds.